The van der Waals surface area contributed by atoms with Crippen molar-refractivity contribution >= 4 is 0 Å². The van der Waals surface area contributed by atoms with E-state index in [4.69, 9.17) is 0 Å². The normalized spacial score (nSPS) is 16.8. The second-order valence-electron chi connectivity index (χ2n) is 6.61. The van der Waals surface area contributed by atoms with E-state index < -0.39 is 0 Å². The predicted octanol–water partition coefficient (Wildman–Crippen LogP) is 5.54. The molecule has 2 unspecified atom stereocenters. The number of rotatable bonds is 11. The first-order chi connectivity index (χ1) is 8.46. The minimum atomic E-state index is 0.480. The molecule has 0 aromatic heterocycles. The maximum atomic E-state index is 3.73. The lowest BCUT2D eigenvalue weighted by Gasteiger charge is -2.38. The fourth-order valence-electron chi connectivity index (χ4n) is 2.80. The SMILES string of the molecule is CCCCCCC(C)(CCCC)C(C)NC(C)C. The van der Waals surface area contributed by atoms with E-state index in [1.807, 2.05) is 0 Å². The van der Waals surface area contributed by atoms with Crippen molar-refractivity contribution in [3.05, 3.63) is 0 Å². The summed E-state index contributed by atoms with van der Waals surface area (Å²) in [6.45, 7) is 14.0. The highest BCUT2D eigenvalue weighted by atomic mass is 14.9. The molecule has 0 aliphatic rings. The van der Waals surface area contributed by atoms with Gasteiger partial charge < -0.3 is 5.32 Å². The molecule has 1 nitrogen and oxygen atoms in total. The Morgan fingerprint density at radius 1 is 0.833 bits per heavy atom. The fraction of sp³-hybridized carbons (Fsp3) is 1.00. The first-order valence-electron chi connectivity index (χ1n) is 8.22. The van der Waals surface area contributed by atoms with Crippen molar-refractivity contribution in [1.82, 2.24) is 5.32 Å². The van der Waals surface area contributed by atoms with Crippen LogP contribution in [0.4, 0.5) is 0 Å². The Bertz CT molecular complexity index is 188. The summed E-state index contributed by atoms with van der Waals surface area (Å²) in [6.07, 6.45) is 11.0. The standard InChI is InChI=1S/C17H37N/c1-7-9-11-12-14-17(6,13-10-8-2)16(5)18-15(3)4/h15-16,18H,7-14H2,1-6H3. The first-order valence-corrected chi connectivity index (χ1v) is 8.22. The minimum Gasteiger partial charge on any atom is -0.312 e. The van der Waals surface area contributed by atoms with Gasteiger partial charge in [0.25, 0.3) is 0 Å². The Hall–Kier alpha value is -0.0400. The van der Waals surface area contributed by atoms with Gasteiger partial charge in [-0.1, -0.05) is 73.1 Å². The van der Waals surface area contributed by atoms with Crippen molar-refractivity contribution in [1.29, 1.82) is 0 Å². The predicted molar refractivity (Wildman–Crippen MR) is 84.1 cm³/mol. The van der Waals surface area contributed by atoms with Gasteiger partial charge in [0.15, 0.2) is 0 Å². The van der Waals surface area contributed by atoms with Gasteiger partial charge in [0.1, 0.15) is 0 Å². The highest BCUT2D eigenvalue weighted by molar-refractivity contribution is 4.85. The molecule has 2 atom stereocenters. The summed E-state index contributed by atoms with van der Waals surface area (Å²) in [5.74, 6) is 0. The van der Waals surface area contributed by atoms with Gasteiger partial charge in [0, 0.05) is 12.1 Å². The van der Waals surface area contributed by atoms with Crippen LogP contribution >= 0.6 is 0 Å². The maximum absolute atomic E-state index is 3.73. The van der Waals surface area contributed by atoms with Crippen molar-refractivity contribution in [2.45, 2.75) is 105 Å². The molecule has 0 amide bonds. The highest BCUT2D eigenvalue weighted by Crippen LogP contribution is 2.34. The number of unbranched alkanes of at least 4 members (excludes halogenated alkanes) is 4. The fourth-order valence-corrected chi connectivity index (χ4v) is 2.80. The zero-order valence-corrected chi connectivity index (χ0v) is 13.8. The lowest BCUT2D eigenvalue weighted by molar-refractivity contribution is 0.173. The Balaban J connectivity index is 4.30. The van der Waals surface area contributed by atoms with E-state index in [9.17, 15) is 0 Å². The van der Waals surface area contributed by atoms with Gasteiger partial charge in [-0.3, -0.25) is 0 Å². The molecule has 0 radical (unpaired) electrons. The Morgan fingerprint density at radius 3 is 1.89 bits per heavy atom. The number of hydrogen-bond donors (Lipinski definition) is 1. The summed E-state index contributed by atoms with van der Waals surface area (Å²) in [6, 6.07) is 1.22. The van der Waals surface area contributed by atoms with Gasteiger partial charge >= 0.3 is 0 Å². The lowest BCUT2D eigenvalue weighted by atomic mass is 9.74. The van der Waals surface area contributed by atoms with E-state index in [-0.39, 0.29) is 0 Å². The van der Waals surface area contributed by atoms with E-state index in [0.717, 1.165) is 0 Å². The highest BCUT2D eigenvalue weighted by Gasteiger charge is 2.30. The van der Waals surface area contributed by atoms with Crippen LogP contribution in [0.1, 0.15) is 92.9 Å². The van der Waals surface area contributed by atoms with Gasteiger partial charge in [-0.05, 0) is 25.2 Å². The molecule has 0 spiro atoms. The van der Waals surface area contributed by atoms with Crippen LogP contribution in [0.15, 0.2) is 0 Å². The van der Waals surface area contributed by atoms with Crippen molar-refractivity contribution in [3.8, 4) is 0 Å². The average Bonchev–Trinajstić information content (AvgIpc) is 2.31. The maximum Gasteiger partial charge on any atom is 0.00949 e. The van der Waals surface area contributed by atoms with Gasteiger partial charge in [-0.15, -0.1) is 0 Å². The molecule has 0 heterocycles. The Kier molecular flexibility index (Phi) is 9.81. The molecule has 0 rings (SSSR count). The molecule has 0 saturated carbocycles. The van der Waals surface area contributed by atoms with E-state index in [1.54, 1.807) is 0 Å². The van der Waals surface area contributed by atoms with E-state index in [1.165, 1.54) is 51.4 Å². The van der Waals surface area contributed by atoms with Crippen LogP contribution in [0.25, 0.3) is 0 Å². The van der Waals surface area contributed by atoms with Crippen molar-refractivity contribution < 1.29 is 0 Å². The summed E-state index contributed by atoms with van der Waals surface area (Å²) < 4.78 is 0. The zero-order chi connectivity index (χ0) is 14.0. The largest absolute Gasteiger partial charge is 0.312 e. The summed E-state index contributed by atoms with van der Waals surface area (Å²) in [4.78, 5) is 0. The van der Waals surface area contributed by atoms with Crippen molar-refractivity contribution in [3.63, 3.8) is 0 Å². The quantitative estimate of drug-likeness (QED) is 0.478. The Labute approximate surface area is 116 Å². The molecule has 1 heteroatoms. The Morgan fingerprint density at radius 2 is 1.39 bits per heavy atom. The molecule has 0 saturated heterocycles. The molecule has 0 aromatic rings. The summed E-state index contributed by atoms with van der Waals surface area (Å²) >= 11 is 0. The van der Waals surface area contributed by atoms with Crippen LogP contribution in [0.5, 0.6) is 0 Å². The molecule has 18 heavy (non-hydrogen) atoms. The van der Waals surface area contributed by atoms with Gasteiger partial charge in [0.2, 0.25) is 0 Å². The van der Waals surface area contributed by atoms with Gasteiger partial charge in [0.05, 0.1) is 0 Å². The molecule has 0 aliphatic heterocycles. The molecule has 0 aliphatic carbocycles. The van der Waals surface area contributed by atoms with Crippen molar-refractivity contribution in [2.24, 2.45) is 5.41 Å². The minimum absolute atomic E-state index is 0.480. The van der Waals surface area contributed by atoms with Crippen LogP contribution in [-0.4, -0.2) is 12.1 Å². The monoisotopic (exact) mass is 255 g/mol. The van der Waals surface area contributed by atoms with E-state index in [2.05, 4.69) is 46.9 Å². The third kappa shape index (κ3) is 7.41. The van der Waals surface area contributed by atoms with Crippen LogP contribution in [0.2, 0.25) is 0 Å². The second kappa shape index (κ2) is 9.83. The smallest absolute Gasteiger partial charge is 0.00949 e. The van der Waals surface area contributed by atoms with Crippen LogP contribution < -0.4 is 5.32 Å². The molecule has 0 aromatic carbocycles. The van der Waals surface area contributed by atoms with Crippen LogP contribution in [0, 0.1) is 5.41 Å². The summed E-state index contributed by atoms with van der Waals surface area (Å²) in [5, 5.41) is 3.73. The van der Waals surface area contributed by atoms with Crippen LogP contribution in [0.3, 0.4) is 0 Å². The van der Waals surface area contributed by atoms with E-state index >= 15 is 0 Å². The second-order valence-corrected chi connectivity index (χ2v) is 6.61. The third-order valence-electron chi connectivity index (χ3n) is 4.33. The molecular formula is C17H37N. The van der Waals surface area contributed by atoms with Gasteiger partial charge in [-0.25, -0.2) is 0 Å². The molecule has 0 bridgehead atoms. The zero-order valence-electron chi connectivity index (χ0n) is 13.8. The van der Waals surface area contributed by atoms with Crippen LogP contribution in [-0.2, 0) is 0 Å². The number of nitrogens with one attached hydrogen (secondary N) is 1. The van der Waals surface area contributed by atoms with Crippen molar-refractivity contribution in [2.75, 3.05) is 0 Å². The lowest BCUT2D eigenvalue weighted by Crippen LogP contribution is -2.44. The molecule has 110 valence electrons. The topological polar surface area (TPSA) is 12.0 Å². The first kappa shape index (κ1) is 18.0. The van der Waals surface area contributed by atoms with E-state index in [0.29, 0.717) is 17.5 Å². The number of hydrogen-bond acceptors (Lipinski definition) is 1. The molecule has 1 N–H and O–H groups in total. The third-order valence-corrected chi connectivity index (χ3v) is 4.33. The summed E-state index contributed by atoms with van der Waals surface area (Å²) in [7, 11) is 0. The van der Waals surface area contributed by atoms with Gasteiger partial charge in [-0.2, -0.15) is 0 Å². The molecule has 0 fully saturated rings. The summed E-state index contributed by atoms with van der Waals surface area (Å²) in [5.41, 5.74) is 0.480. The molecular weight excluding hydrogens is 218 g/mol. The average molecular weight is 255 g/mol.